The zero-order valence-corrected chi connectivity index (χ0v) is 13.9. The maximum atomic E-state index is 10.6. The number of carboxylic acid groups (broad SMARTS) is 1. The van der Waals surface area contributed by atoms with Crippen LogP contribution in [0.3, 0.4) is 0 Å². The van der Waals surface area contributed by atoms with Crippen molar-refractivity contribution in [2.45, 2.75) is 39.0 Å². The lowest BCUT2D eigenvalue weighted by atomic mass is 9.87. The summed E-state index contributed by atoms with van der Waals surface area (Å²) in [5.74, 6) is -0.0117. The number of carbonyl (C=O) groups is 1. The highest BCUT2D eigenvalue weighted by Crippen LogP contribution is 2.24. The molecule has 0 amide bonds. The fraction of sp³-hybridized carbons (Fsp3) is 0.412. The molecular weight excluding hydrogens is 298 g/mol. The van der Waals surface area contributed by atoms with Gasteiger partial charge in [0.25, 0.3) is 0 Å². The van der Waals surface area contributed by atoms with Crippen LogP contribution in [0.15, 0.2) is 29.6 Å². The molecular formula is C17H21NO3S. The number of hydrogen-bond donors (Lipinski definition) is 1. The highest BCUT2D eigenvalue weighted by atomic mass is 32.1. The average Bonchev–Trinajstić information content (AvgIpc) is 2.85. The van der Waals surface area contributed by atoms with E-state index in [0.29, 0.717) is 18.7 Å². The lowest BCUT2D eigenvalue weighted by molar-refractivity contribution is -0.136. The fourth-order valence-corrected chi connectivity index (χ4v) is 2.79. The molecule has 0 saturated carbocycles. The molecule has 1 heterocycles. The fourth-order valence-electron chi connectivity index (χ4n) is 2.01. The molecule has 5 heteroatoms. The largest absolute Gasteiger partial charge is 0.493 e. The number of hydrogen-bond acceptors (Lipinski definition) is 4. The first-order chi connectivity index (χ1) is 10.3. The molecule has 1 aromatic carbocycles. The van der Waals surface area contributed by atoms with Crippen LogP contribution in [-0.2, 0) is 23.1 Å². The van der Waals surface area contributed by atoms with E-state index in [-0.39, 0.29) is 11.8 Å². The molecule has 0 fully saturated rings. The van der Waals surface area contributed by atoms with Gasteiger partial charge < -0.3 is 9.84 Å². The number of benzene rings is 1. The van der Waals surface area contributed by atoms with Gasteiger partial charge in [-0.05, 0) is 23.1 Å². The Morgan fingerprint density at radius 1 is 1.27 bits per heavy atom. The summed E-state index contributed by atoms with van der Waals surface area (Å²) >= 11 is 1.48. The summed E-state index contributed by atoms with van der Waals surface area (Å²) in [6, 6.07) is 8.14. The average molecular weight is 319 g/mol. The van der Waals surface area contributed by atoms with E-state index >= 15 is 0 Å². The normalized spacial score (nSPS) is 11.4. The predicted molar refractivity (Wildman–Crippen MR) is 87.8 cm³/mol. The molecule has 0 aliphatic rings. The van der Waals surface area contributed by atoms with E-state index in [1.807, 2.05) is 12.1 Å². The Morgan fingerprint density at radius 3 is 2.55 bits per heavy atom. The minimum Gasteiger partial charge on any atom is -0.493 e. The van der Waals surface area contributed by atoms with Gasteiger partial charge in [0, 0.05) is 11.8 Å². The van der Waals surface area contributed by atoms with Gasteiger partial charge in [0.1, 0.15) is 5.75 Å². The molecule has 0 aliphatic heterocycles. The minimum absolute atomic E-state index is 0.0222. The van der Waals surface area contributed by atoms with Crippen LogP contribution >= 0.6 is 11.3 Å². The van der Waals surface area contributed by atoms with Crippen LogP contribution in [0.2, 0.25) is 0 Å². The van der Waals surface area contributed by atoms with Crippen LogP contribution < -0.4 is 4.74 Å². The van der Waals surface area contributed by atoms with Crippen molar-refractivity contribution in [1.29, 1.82) is 0 Å². The Morgan fingerprint density at radius 2 is 1.95 bits per heavy atom. The number of ether oxygens (including phenoxy) is 1. The van der Waals surface area contributed by atoms with Crippen LogP contribution in [-0.4, -0.2) is 22.7 Å². The topological polar surface area (TPSA) is 59.4 Å². The molecule has 0 spiro atoms. The Kier molecular flexibility index (Phi) is 5.19. The molecule has 0 aliphatic carbocycles. The Bertz CT molecular complexity index is 626. The number of carboxylic acids is 1. The first kappa shape index (κ1) is 16.5. The highest BCUT2D eigenvalue weighted by Gasteiger charge is 2.13. The van der Waals surface area contributed by atoms with Crippen LogP contribution in [0.4, 0.5) is 0 Å². The van der Waals surface area contributed by atoms with Gasteiger partial charge in [-0.15, -0.1) is 11.3 Å². The predicted octanol–water partition coefficient (Wildman–Crippen LogP) is 3.69. The number of thiazole rings is 1. The van der Waals surface area contributed by atoms with Crippen LogP contribution in [0.5, 0.6) is 5.75 Å². The molecule has 118 valence electrons. The van der Waals surface area contributed by atoms with E-state index in [1.54, 1.807) is 5.38 Å². The zero-order chi connectivity index (χ0) is 16.2. The van der Waals surface area contributed by atoms with Crippen molar-refractivity contribution in [2.75, 3.05) is 6.61 Å². The Balaban J connectivity index is 1.83. The molecule has 2 aromatic rings. The van der Waals surface area contributed by atoms with Crippen molar-refractivity contribution < 1.29 is 14.6 Å². The number of rotatable bonds is 6. The molecule has 0 radical (unpaired) electrons. The van der Waals surface area contributed by atoms with E-state index in [4.69, 9.17) is 9.84 Å². The van der Waals surface area contributed by atoms with Crippen LogP contribution in [0.1, 0.15) is 37.0 Å². The van der Waals surface area contributed by atoms with Gasteiger partial charge in [-0.3, -0.25) is 4.79 Å². The number of aliphatic carboxylic acids is 1. The standard InChI is InChI=1S/C17H21NO3S/c1-17(2,3)12-4-6-14(7-5-12)21-9-8-15-18-13(11-22-15)10-16(19)20/h4-7,11H,8-10H2,1-3H3,(H,19,20). The van der Waals surface area contributed by atoms with E-state index in [9.17, 15) is 4.79 Å². The molecule has 4 nitrogen and oxygen atoms in total. The molecule has 0 saturated heterocycles. The second kappa shape index (κ2) is 6.92. The quantitative estimate of drug-likeness (QED) is 0.882. The summed E-state index contributed by atoms with van der Waals surface area (Å²) in [6.45, 7) is 7.08. The molecule has 2 rings (SSSR count). The first-order valence-corrected chi connectivity index (χ1v) is 8.11. The molecule has 1 N–H and O–H groups in total. The summed E-state index contributed by atoms with van der Waals surface area (Å²) in [7, 11) is 0. The maximum absolute atomic E-state index is 10.6. The summed E-state index contributed by atoms with van der Waals surface area (Å²) in [6.07, 6.45) is 0.664. The molecule has 22 heavy (non-hydrogen) atoms. The van der Waals surface area contributed by atoms with E-state index in [0.717, 1.165) is 10.8 Å². The first-order valence-electron chi connectivity index (χ1n) is 7.23. The second-order valence-electron chi connectivity index (χ2n) is 6.18. The zero-order valence-electron chi connectivity index (χ0n) is 13.1. The Labute approximate surface area is 134 Å². The van der Waals surface area contributed by atoms with Crippen molar-refractivity contribution >= 4 is 17.3 Å². The van der Waals surface area contributed by atoms with Crippen LogP contribution in [0, 0.1) is 0 Å². The van der Waals surface area contributed by atoms with Gasteiger partial charge in [-0.1, -0.05) is 32.9 Å². The van der Waals surface area contributed by atoms with Crippen molar-refractivity contribution in [3.05, 3.63) is 45.9 Å². The van der Waals surface area contributed by atoms with Gasteiger partial charge in [-0.2, -0.15) is 0 Å². The van der Waals surface area contributed by atoms with E-state index in [1.165, 1.54) is 16.9 Å². The SMILES string of the molecule is CC(C)(C)c1ccc(OCCc2nc(CC(=O)O)cs2)cc1. The maximum Gasteiger partial charge on any atom is 0.309 e. The monoisotopic (exact) mass is 319 g/mol. The lowest BCUT2D eigenvalue weighted by Crippen LogP contribution is -2.10. The van der Waals surface area contributed by atoms with Crippen LogP contribution in [0.25, 0.3) is 0 Å². The van der Waals surface area contributed by atoms with Crippen molar-refractivity contribution in [2.24, 2.45) is 0 Å². The second-order valence-corrected chi connectivity index (χ2v) is 7.12. The number of aromatic nitrogens is 1. The highest BCUT2D eigenvalue weighted by molar-refractivity contribution is 7.09. The number of nitrogens with zero attached hydrogens (tertiary/aromatic N) is 1. The summed E-state index contributed by atoms with van der Waals surface area (Å²) in [5, 5.41) is 11.4. The minimum atomic E-state index is -0.855. The van der Waals surface area contributed by atoms with Gasteiger partial charge in [0.2, 0.25) is 0 Å². The third kappa shape index (κ3) is 4.84. The van der Waals surface area contributed by atoms with Gasteiger partial charge in [0.15, 0.2) is 0 Å². The molecule has 0 atom stereocenters. The summed E-state index contributed by atoms with van der Waals surface area (Å²) < 4.78 is 5.72. The summed E-state index contributed by atoms with van der Waals surface area (Å²) in [4.78, 5) is 14.9. The van der Waals surface area contributed by atoms with Gasteiger partial charge >= 0.3 is 5.97 Å². The molecule has 0 unspecified atom stereocenters. The molecule has 0 bridgehead atoms. The lowest BCUT2D eigenvalue weighted by Gasteiger charge is -2.19. The summed E-state index contributed by atoms with van der Waals surface area (Å²) in [5.41, 5.74) is 2.03. The Hall–Kier alpha value is -1.88. The van der Waals surface area contributed by atoms with E-state index < -0.39 is 5.97 Å². The smallest absolute Gasteiger partial charge is 0.309 e. The molecule has 1 aromatic heterocycles. The van der Waals surface area contributed by atoms with Crippen molar-refractivity contribution in [3.8, 4) is 5.75 Å². The third-order valence-electron chi connectivity index (χ3n) is 3.24. The van der Waals surface area contributed by atoms with Gasteiger partial charge in [-0.25, -0.2) is 4.98 Å². The van der Waals surface area contributed by atoms with E-state index in [2.05, 4.69) is 37.9 Å². The van der Waals surface area contributed by atoms with Crippen molar-refractivity contribution in [1.82, 2.24) is 4.98 Å². The van der Waals surface area contributed by atoms with Gasteiger partial charge in [0.05, 0.1) is 23.7 Å². The third-order valence-corrected chi connectivity index (χ3v) is 4.19. The van der Waals surface area contributed by atoms with Crippen molar-refractivity contribution in [3.63, 3.8) is 0 Å².